The molecule has 0 saturated carbocycles. The smallest absolute Gasteiger partial charge is 0.306 e. The largest absolute Gasteiger partial charge is 0.466 e. The maximum absolute atomic E-state index is 13.5. The van der Waals surface area contributed by atoms with Gasteiger partial charge in [-0.25, -0.2) is 17.6 Å². The van der Waals surface area contributed by atoms with Gasteiger partial charge < -0.3 is 9.47 Å². The molecule has 1 aromatic carbocycles. The average Bonchev–Trinajstić information content (AvgIpc) is 2.71. The first kappa shape index (κ1) is 24.9. The lowest BCUT2D eigenvalue weighted by Crippen LogP contribution is -2.12. The van der Waals surface area contributed by atoms with Crippen molar-refractivity contribution in [2.75, 3.05) is 6.61 Å². The highest BCUT2D eigenvalue weighted by Gasteiger charge is 2.20. The molecule has 0 bridgehead atoms. The molecule has 8 heteroatoms. The van der Waals surface area contributed by atoms with Crippen LogP contribution < -0.4 is 0 Å². The van der Waals surface area contributed by atoms with Crippen molar-refractivity contribution in [1.29, 1.82) is 0 Å². The Kier molecular flexibility index (Phi) is 12.0. The summed E-state index contributed by atoms with van der Waals surface area (Å²) < 4.78 is 62.2. The van der Waals surface area contributed by atoms with Gasteiger partial charge in [-0.15, -0.1) is 0 Å². The minimum absolute atomic E-state index is 0.218. The first-order valence-corrected chi connectivity index (χ1v) is 9.99. The molecule has 0 radical (unpaired) electrons. The van der Waals surface area contributed by atoms with Gasteiger partial charge in [-0.3, -0.25) is 9.59 Å². The molecule has 0 heterocycles. The first-order chi connectivity index (χ1) is 13.9. The number of carbonyl (C=O) groups is 2. The fraction of sp³-hybridized carbons (Fsp3) is 0.619. The van der Waals surface area contributed by atoms with Gasteiger partial charge in [-0.2, -0.15) is 0 Å². The summed E-state index contributed by atoms with van der Waals surface area (Å²) in [5, 5.41) is 0. The van der Waals surface area contributed by atoms with E-state index in [1.165, 1.54) is 32.1 Å². The Balaban J connectivity index is 2.15. The van der Waals surface area contributed by atoms with E-state index in [-0.39, 0.29) is 19.4 Å². The van der Waals surface area contributed by atoms with Crippen LogP contribution in [0, 0.1) is 23.3 Å². The predicted molar refractivity (Wildman–Crippen MR) is 98.9 cm³/mol. The molecule has 0 saturated heterocycles. The highest BCUT2D eigenvalue weighted by Crippen LogP contribution is 2.19. The Bertz CT molecular complexity index is 665. The predicted octanol–water partition coefficient (Wildman–Crippen LogP) is 5.75. The Hall–Kier alpha value is -2.12. The second-order valence-electron chi connectivity index (χ2n) is 6.82. The quantitative estimate of drug-likeness (QED) is 0.126. The fourth-order valence-electron chi connectivity index (χ4n) is 2.66. The lowest BCUT2D eigenvalue weighted by atomic mass is 10.1. The van der Waals surface area contributed by atoms with Crippen LogP contribution in [0.2, 0.25) is 0 Å². The number of ether oxygens (including phenoxy) is 2. The fourth-order valence-corrected chi connectivity index (χ4v) is 2.66. The minimum atomic E-state index is -1.97. The van der Waals surface area contributed by atoms with E-state index in [0.29, 0.717) is 6.07 Å². The summed E-state index contributed by atoms with van der Waals surface area (Å²) >= 11 is 0. The summed E-state index contributed by atoms with van der Waals surface area (Å²) in [5.74, 6) is -8.54. The molecule has 0 fully saturated rings. The third-order valence-electron chi connectivity index (χ3n) is 4.36. The molecule has 0 spiro atoms. The summed E-state index contributed by atoms with van der Waals surface area (Å²) in [7, 11) is 0. The van der Waals surface area contributed by atoms with Crippen LogP contribution in [0.3, 0.4) is 0 Å². The molecule has 1 aromatic rings. The van der Waals surface area contributed by atoms with Gasteiger partial charge in [-0.1, -0.05) is 51.9 Å². The van der Waals surface area contributed by atoms with Gasteiger partial charge in [0.2, 0.25) is 0 Å². The van der Waals surface area contributed by atoms with Gasteiger partial charge in [0.05, 0.1) is 19.4 Å². The van der Waals surface area contributed by atoms with Crippen molar-refractivity contribution >= 4 is 11.9 Å². The summed E-state index contributed by atoms with van der Waals surface area (Å²) in [6.07, 6.45) is 8.39. The van der Waals surface area contributed by atoms with Crippen molar-refractivity contribution in [2.45, 2.75) is 77.7 Å². The van der Waals surface area contributed by atoms with Crippen LogP contribution in [-0.4, -0.2) is 18.5 Å². The molecule has 0 unspecified atom stereocenters. The summed E-state index contributed by atoms with van der Waals surface area (Å²) in [6, 6.07) is 0.416. The highest BCUT2D eigenvalue weighted by molar-refractivity contribution is 5.77. The van der Waals surface area contributed by atoms with Crippen molar-refractivity contribution in [1.82, 2.24) is 0 Å². The Morgan fingerprint density at radius 1 is 0.759 bits per heavy atom. The number of benzene rings is 1. The summed E-state index contributed by atoms with van der Waals surface area (Å²) in [6.45, 7) is 1.68. The average molecular weight is 420 g/mol. The van der Waals surface area contributed by atoms with Crippen LogP contribution in [0.25, 0.3) is 0 Å². The van der Waals surface area contributed by atoms with Gasteiger partial charge >= 0.3 is 11.9 Å². The van der Waals surface area contributed by atoms with Crippen LogP contribution in [0.15, 0.2) is 6.07 Å². The molecular formula is C21H28F4O4. The minimum Gasteiger partial charge on any atom is -0.466 e. The molecule has 29 heavy (non-hydrogen) atoms. The zero-order valence-electron chi connectivity index (χ0n) is 16.7. The second kappa shape index (κ2) is 14.0. The number of rotatable bonds is 14. The van der Waals surface area contributed by atoms with Crippen molar-refractivity contribution < 1.29 is 36.6 Å². The number of carbonyl (C=O) groups excluding carboxylic acids is 2. The molecule has 0 aliphatic heterocycles. The molecule has 0 aliphatic rings. The van der Waals surface area contributed by atoms with E-state index in [9.17, 15) is 27.2 Å². The third kappa shape index (κ3) is 9.76. The van der Waals surface area contributed by atoms with Crippen LogP contribution in [0.1, 0.15) is 76.7 Å². The van der Waals surface area contributed by atoms with Gasteiger partial charge in [0, 0.05) is 5.56 Å². The van der Waals surface area contributed by atoms with Crippen molar-refractivity contribution in [3.63, 3.8) is 0 Å². The Morgan fingerprint density at radius 3 is 1.93 bits per heavy atom. The van der Waals surface area contributed by atoms with Crippen molar-refractivity contribution in [3.05, 3.63) is 34.9 Å². The van der Waals surface area contributed by atoms with Gasteiger partial charge in [0.25, 0.3) is 0 Å². The number of hydrogen-bond donors (Lipinski definition) is 0. The lowest BCUT2D eigenvalue weighted by molar-refractivity contribution is -0.151. The SMILES string of the molecule is CCCCCCCCCCOC(=O)CCC(=O)OCc1cc(F)c(F)c(F)c1F. The van der Waals surface area contributed by atoms with Crippen LogP contribution >= 0.6 is 0 Å². The molecule has 4 nitrogen and oxygen atoms in total. The van der Waals surface area contributed by atoms with E-state index in [2.05, 4.69) is 11.7 Å². The monoisotopic (exact) mass is 420 g/mol. The third-order valence-corrected chi connectivity index (χ3v) is 4.36. The molecule has 0 atom stereocenters. The number of unbranched alkanes of at least 4 members (excludes halogenated alkanes) is 7. The van der Waals surface area contributed by atoms with Crippen molar-refractivity contribution in [3.8, 4) is 0 Å². The Labute approximate surface area is 168 Å². The normalized spacial score (nSPS) is 10.8. The standard InChI is InChI=1S/C21H28F4O4/c1-2-3-4-5-6-7-8-9-12-28-17(26)10-11-18(27)29-14-15-13-16(22)20(24)21(25)19(15)23/h13H,2-12,14H2,1H3. The number of hydrogen-bond acceptors (Lipinski definition) is 4. The van der Waals surface area contributed by atoms with E-state index in [4.69, 9.17) is 4.74 Å². The molecule has 0 N–H and O–H groups in total. The summed E-state index contributed by atoms with van der Waals surface area (Å²) in [4.78, 5) is 23.2. The maximum atomic E-state index is 13.5. The molecule has 0 amide bonds. The maximum Gasteiger partial charge on any atom is 0.306 e. The molecule has 0 aliphatic carbocycles. The lowest BCUT2D eigenvalue weighted by Gasteiger charge is -2.08. The molecular weight excluding hydrogens is 392 g/mol. The molecule has 1 rings (SSSR count). The molecule has 164 valence electrons. The molecule has 0 aromatic heterocycles. The van der Waals surface area contributed by atoms with E-state index >= 15 is 0 Å². The van der Waals surface area contributed by atoms with E-state index in [1.54, 1.807) is 0 Å². The van der Waals surface area contributed by atoms with Crippen LogP contribution in [0.4, 0.5) is 17.6 Å². The number of halogens is 4. The van der Waals surface area contributed by atoms with E-state index < -0.39 is 47.4 Å². The van der Waals surface area contributed by atoms with Gasteiger partial charge in [0.15, 0.2) is 23.3 Å². The zero-order chi connectivity index (χ0) is 21.6. The van der Waals surface area contributed by atoms with Crippen molar-refractivity contribution in [2.24, 2.45) is 0 Å². The van der Waals surface area contributed by atoms with E-state index in [1.807, 2.05) is 0 Å². The second-order valence-corrected chi connectivity index (χ2v) is 6.82. The topological polar surface area (TPSA) is 52.6 Å². The van der Waals surface area contributed by atoms with Crippen LogP contribution in [0.5, 0.6) is 0 Å². The first-order valence-electron chi connectivity index (χ1n) is 9.99. The number of esters is 2. The van der Waals surface area contributed by atoms with Crippen LogP contribution in [-0.2, 0) is 25.7 Å². The highest BCUT2D eigenvalue weighted by atomic mass is 19.2. The van der Waals surface area contributed by atoms with Gasteiger partial charge in [-0.05, 0) is 12.5 Å². The Morgan fingerprint density at radius 2 is 1.31 bits per heavy atom. The summed E-state index contributed by atoms with van der Waals surface area (Å²) in [5.41, 5.74) is -0.632. The van der Waals surface area contributed by atoms with E-state index in [0.717, 1.165) is 19.3 Å². The van der Waals surface area contributed by atoms with Gasteiger partial charge in [0.1, 0.15) is 6.61 Å². The zero-order valence-corrected chi connectivity index (χ0v) is 16.7.